The Morgan fingerprint density at radius 3 is 2.78 bits per heavy atom. The Morgan fingerprint density at radius 2 is 1.97 bits per heavy atom. The van der Waals surface area contributed by atoms with Gasteiger partial charge in [0.1, 0.15) is 5.75 Å². The zero-order valence-corrected chi connectivity index (χ0v) is 18.1. The topological polar surface area (TPSA) is 85.6 Å². The molecule has 0 aliphatic heterocycles. The third-order valence-electron chi connectivity index (χ3n) is 5.49. The molecule has 0 spiro atoms. The van der Waals surface area contributed by atoms with Gasteiger partial charge in [-0.15, -0.1) is 0 Å². The first-order valence-corrected chi connectivity index (χ1v) is 10.8. The molecule has 1 aromatic carbocycles. The van der Waals surface area contributed by atoms with Gasteiger partial charge in [-0.25, -0.2) is 4.98 Å². The average Bonchev–Trinajstić information content (AvgIpc) is 2.83. The van der Waals surface area contributed by atoms with Crippen molar-refractivity contribution in [3.63, 3.8) is 0 Å². The molecule has 3 heterocycles. The molecule has 7 nitrogen and oxygen atoms in total. The van der Waals surface area contributed by atoms with Crippen LogP contribution in [0.5, 0.6) is 5.75 Å². The predicted molar refractivity (Wildman–Crippen MR) is 124 cm³/mol. The molecule has 0 fully saturated rings. The minimum Gasteiger partial charge on any atom is -0.497 e. The number of unbranched alkanes of at least 4 members (excludes halogenated alkanes) is 3. The zero-order chi connectivity index (χ0) is 22.3. The van der Waals surface area contributed by atoms with Crippen molar-refractivity contribution in [1.29, 1.82) is 0 Å². The summed E-state index contributed by atoms with van der Waals surface area (Å²) in [7, 11) is 1.55. The summed E-state index contributed by atoms with van der Waals surface area (Å²) < 4.78 is 6.62. The van der Waals surface area contributed by atoms with E-state index >= 15 is 0 Å². The van der Waals surface area contributed by atoms with E-state index in [1.165, 1.54) is 9.96 Å². The highest BCUT2D eigenvalue weighted by atomic mass is 16.5. The fraction of sp³-hybridized carbons (Fsp3) is 0.280. The van der Waals surface area contributed by atoms with Crippen molar-refractivity contribution in [3.8, 4) is 5.75 Å². The molecule has 7 heteroatoms. The minimum absolute atomic E-state index is 0.224. The van der Waals surface area contributed by atoms with Crippen LogP contribution < -0.4 is 15.6 Å². The maximum Gasteiger partial charge on any atom is 0.265 e. The Bertz CT molecular complexity index is 1290. The van der Waals surface area contributed by atoms with Crippen molar-refractivity contribution in [2.45, 2.75) is 32.1 Å². The average molecular weight is 431 g/mol. The van der Waals surface area contributed by atoms with E-state index in [0.717, 1.165) is 32.1 Å². The Hall–Kier alpha value is -3.74. The number of ether oxygens (including phenoxy) is 1. The number of pyridine rings is 2. The molecule has 0 atom stereocenters. The number of aromatic nitrogens is 3. The fourth-order valence-electron chi connectivity index (χ4n) is 3.76. The van der Waals surface area contributed by atoms with Crippen LogP contribution in [0.4, 0.5) is 0 Å². The van der Waals surface area contributed by atoms with Crippen molar-refractivity contribution < 1.29 is 9.53 Å². The summed E-state index contributed by atoms with van der Waals surface area (Å²) in [6, 6.07) is 12.6. The number of carbonyl (C=O) groups is 1. The smallest absolute Gasteiger partial charge is 0.265 e. The van der Waals surface area contributed by atoms with Gasteiger partial charge in [-0.05, 0) is 61.2 Å². The van der Waals surface area contributed by atoms with Gasteiger partial charge >= 0.3 is 0 Å². The van der Waals surface area contributed by atoms with Gasteiger partial charge in [0.05, 0.1) is 23.6 Å². The molecule has 0 aliphatic rings. The van der Waals surface area contributed by atoms with E-state index in [9.17, 15) is 9.59 Å². The highest BCUT2D eigenvalue weighted by Gasteiger charge is 2.14. The van der Waals surface area contributed by atoms with Gasteiger partial charge in [0.2, 0.25) is 0 Å². The first-order chi connectivity index (χ1) is 15.7. The number of hydrogen-bond acceptors (Lipinski definition) is 5. The van der Waals surface area contributed by atoms with Crippen molar-refractivity contribution in [1.82, 2.24) is 19.7 Å². The van der Waals surface area contributed by atoms with Crippen molar-refractivity contribution in [2.75, 3.05) is 13.7 Å². The monoisotopic (exact) mass is 430 g/mol. The molecule has 0 bridgehead atoms. The highest BCUT2D eigenvalue weighted by Crippen LogP contribution is 2.18. The third-order valence-corrected chi connectivity index (χ3v) is 5.49. The normalized spacial score (nSPS) is 11.0. The number of nitrogens with one attached hydrogen (secondary N) is 1. The number of rotatable bonds is 9. The van der Waals surface area contributed by atoms with Gasteiger partial charge < -0.3 is 10.1 Å². The number of nitrogens with zero attached hydrogens (tertiary/aromatic N) is 3. The lowest BCUT2D eigenvalue weighted by atomic mass is 10.1. The van der Waals surface area contributed by atoms with Gasteiger partial charge in [-0.1, -0.05) is 18.9 Å². The van der Waals surface area contributed by atoms with E-state index in [4.69, 9.17) is 4.74 Å². The Morgan fingerprint density at radius 1 is 1.09 bits per heavy atom. The number of amides is 1. The molecular formula is C25H26N4O3. The van der Waals surface area contributed by atoms with E-state index in [1.54, 1.807) is 49.8 Å². The second kappa shape index (κ2) is 10.0. The fourth-order valence-corrected chi connectivity index (χ4v) is 3.76. The van der Waals surface area contributed by atoms with Crippen LogP contribution in [0, 0.1) is 0 Å². The number of carbonyl (C=O) groups excluding carboxylic acids is 1. The molecule has 32 heavy (non-hydrogen) atoms. The summed E-state index contributed by atoms with van der Waals surface area (Å²) in [6.45, 7) is 0.585. The van der Waals surface area contributed by atoms with Crippen LogP contribution in [0.2, 0.25) is 0 Å². The Kier molecular flexibility index (Phi) is 6.75. The van der Waals surface area contributed by atoms with E-state index < -0.39 is 0 Å². The van der Waals surface area contributed by atoms with Gasteiger partial charge in [-0.3, -0.25) is 19.0 Å². The first kappa shape index (κ1) is 21.5. The van der Waals surface area contributed by atoms with E-state index in [2.05, 4.69) is 21.4 Å². The molecule has 0 radical (unpaired) electrons. The molecule has 0 aliphatic carbocycles. The maximum atomic E-state index is 12.9. The Labute approximate surface area is 186 Å². The van der Waals surface area contributed by atoms with Crippen LogP contribution in [0.25, 0.3) is 16.6 Å². The highest BCUT2D eigenvalue weighted by molar-refractivity contribution is 6.00. The molecule has 0 saturated heterocycles. The van der Waals surface area contributed by atoms with Crippen molar-refractivity contribution >= 4 is 22.5 Å². The van der Waals surface area contributed by atoms with Gasteiger partial charge in [0.25, 0.3) is 11.5 Å². The molecule has 4 aromatic rings. The molecular weight excluding hydrogens is 404 g/mol. The summed E-state index contributed by atoms with van der Waals surface area (Å²) in [5.74, 6) is 0.365. The number of methoxy groups -OCH3 is 1. The van der Waals surface area contributed by atoms with Crippen molar-refractivity contribution in [2.24, 2.45) is 0 Å². The molecule has 3 aromatic heterocycles. The van der Waals surface area contributed by atoms with Crippen LogP contribution in [0.1, 0.15) is 41.6 Å². The number of hydrogen-bond donors (Lipinski definition) is 1. The summed E-state index contributed by atoms with van der Waals surface area (Å²) in [5.41, 5.74) is 2.30. The third kappa shape index (κ3) is 4.77. The van der Waals surface area contributed by atoms with Crippen LogP contribution >= 0.6 is 0 Å². The van der Waals surface area contributed by atoms with E-state index in [-0.39, 0.29) is 11.5 Å². The first-order valence-electron chi connectivity index (χ1n) is 10.8. The zero-order valence-electron chi connectivity index (χ0n) is 18.1. The number of fused-ring (bicyclic) bond motifs is 2. The Balaban J connectivity index is 1.37. The molecule has 1 amide bonds. The lowest BCUT2D eigenvalue weighted by Gasteiger charge is -2.10. The molecule has 0 saturated carbocycles. The maximum absolute atomic E-state index is 12.9. The summed E-state index contributed by atoms with van der Waals surface area (Å²) in [4.78, 5) is 34.4. The van der Waals surface area contributed by atoms with Crippen LogP contribution in [-0.4, -0.2) is 33.9 Å². The number of aryl methyl sites for hydroxylation is 1. The predicted octanol–water partition coefficient (Wildman–Crippen LogP) is 3.78. The number of benzene rings is 1. The summed E-state index contributed by atoms with van der Waals surface area (Å²) in [6.07, 6.45) is 10.5. The van der Waals surface area contributed by atoms with Gasteiger partial charge in [0.15, 0.2) is 5.65 Å². The lowest BCUT2D eigenvalue weighted by Crippen LogP contribution is -2.26. The van der Waals surface area contributed by atoms with E-state index in [1.807, 2.05) is 12.3 Å². The quantitative estimate of drug-likeness (QED) is 0.323. The molecule has 1 N–H and O–H groups in total. The largest absolute Gasteiger partial charge is 0.497 e. The second-order valence-corrected chi connectivity index (χ2v) is 7.70. The van der Waals surface area contributed by atoms with Crippen LogP contribution in [0.15, 0.2) is 65.8 Å². The molecule has 0 unspecified atom stereocenters. The van der Waals surface area contributed by atoms with Gasteiger partial charge in [-0.2, -0.15) is 0 Å². The summed E-state index contributed by atoms with van der Waals surface area (Å²) in [5, 5.41) is 3.41. The minimum atomic E-state index is -0.229. The second-order valence-electron chi connectivity index (χ2n) is 7.70. The molecule has 4 rings (SSSR count). The van der Waals surface area contributed by atoms with Crippen molar-refractivity contribution in [3.05, 3.63) is 82.5 Å². The summed E-state index contributed by atoms with van der Waals surface area (Å²) >= 11 is 0. The SMILES string of the molecule is COc1ccc2nc3c(C(=O)NCCCCCCc4cccnc4)cccn3c(=O)c2c1. The standard InChI is InChI=1S/C25H26N4O3/c1-32-19-11-12-22-21(16-19)25(31)29-15-7-10-20(23(29)28-22)24(30)27-14-5-3-2-4-8-18-9-6-13-26-17-18/h6-7,9-13,15-17H,2-5,8,14H2,1H3,(H,27,30). The lowest BCUT2D eigenvalue weighted by molar-refractivity contribution is 0.0954. The van der Waals surface area contributed by atoms with Crippen LogP contribution in [0.3, 0.4) is 0 Å². The molecule has 164 valence electrons. The van der Waals surface area contributed by atoms with Crippen LogP contribution in [-0.2, 0) is 6.42 Å². The van der Waals surface area contributed by atoms with Gasteiger partial charge in [0, 0.05) is 25.1 Å². The van der Waals surface area contributed by atoms with E-state index in [0.29, 0.717) is 34.4 Å².